The summed E-state index contributed by atoms with van der Waals surface area (Å²) in [5.41, 5.74) is 7.50. The highest BCUT2D eigenvalue weighted by Crippen LogP contribution is 2.36. The Labute approximate surface area is 114 Å². The number of hydrogen-bond acceptors (Lipinski definition) is 3. The summed E-state index contributed by atoms with van der Waals surface area (Å²) in [6, 6.07) is 6.84. The molecule has 1 aromatic rings. The van der Waals surface area contributed by atoms with Gasteiger partial charge in [0.05, 0.1) is 11.6 Å². The molecular formula is C14H19ClN2O. The molecule has 0 amide bonds. The Bertz CT molecular complexity index is 436. The van der Waals surface area contributed by atoms with Crippen LogP contribution in [0.5, 0.6) is 5.75 Å². The smallest absolute Gasteiger partial charge is 0.120 e. The van der Waals surface area contributed by atoms with E-state index in [1.807, 2.05) is 0 Å². The van der Waals surface area contributed by atoms with Crippen molar-refractivity contribution >= 4 is 12.4 Å². The molecule has 0 bridgehead atoms. The molecule has 0 spiro atoms. The third-order valence-corrected chi connectivity index (χ3v) is 3.67. The second-order valence-corrected chi connectivity index (χ2v) is 4.81. The first kappa shape index (κ1) is 14.8. The predicted octanol–water partition coefficient (Wildman–Crippen LogP) is 3.27. The number of halogens is 1. The summed E-state index contributed by atoms with van der Waals surface area (Å²) in [5, 5.41) is 18.7. The number of phenols is 1. The molecule has 0 aliphatic heterocycles. The molecule has 4 heteroatoms. The van der Waals surface area contributed by atoms with E-state index < -0.39 is 0 Å². The van der Waals surface area contributed by atoms with E-state index in [2.05, 4.69) is 6.07 Å². The molecule has 1 fully saturated rings. The molecule has 1 atom stereocenters. The van der Waals surface area contributed by atoms with Gasteiger partial charge >= 0.3 is 0 Å². The number of phenolic OH excluding ortho intramolecular Hbond substituents is 1. The zero-order valence-corrected chi connectivity index (χ0v) is 11.1. The predicted molar refractivity (Wildman–Crippen MR) is 73.6 cm³/mol. The summed E-state index contributed by atoms with van der Waals surface area (Å²) >= 11 is 0. The SMILES string of the molecule is Cl.N#Cc1ccc(O)c([C@@H](N)C2CCCCC2)c1. The van der Waals surface area contributed by atoms with Crippen molar-refractivity contribution in [2.24, 2.45) is 11.7 Å². The highest BCUT2D eigenvalue weighted by Gasteiger charge is 2.23. The zero-order valence-electron chi connectivity index (χ0n) is 10.3. The molecule has 0 unspecified atom stereocenters. The second-order valence-electron chi connectivity index (χ2n) is 4.81. The van der Waals surface area contributed by atoms with Gasteiger partial charge in [0, 0.05) is 11.6 Å². The van der Waals surface area contributed by atoms with Crippen LogP contribution in [-0.2, 0) is 0 Å². The van der Waals surface area contributed by atoms with Crippen molar-refractivity contribution in [2.75, 3.05) is 0 Å². The highest BCUT2D eigenvalue weighted by molar-refractivity contribution is 5.85. The van der Waals surface area contributed by atoms with Crippen LogP contribution < -0.4 is 5.73 Å². The molecular weight excluding hydrogens is 248 g/mol. The molecule has 0 heterocycles. The van der Waals surface area contributed by atoms with Gasteiger partial charge in [-0.3, -0.25) is 0 Å². The average Bonchev–Trinajstić information content (AvgIpc) is 2.39. The number of aromatic hydroxyl groups is 1. The van der Waals surface area contributed by atoms with Gasteiger partial charge in [-0.25, -0.2) is 0 Å². The molecule has 3 nitrogen and oxygen atoms in total. The van der Waals surface area contributed by atoms with E-state index in [4.69, 9.17) is 11.0 Å². The molecule has 1 aromatic carbocycles. The maximum atomic E-state index is 9.84. The molecule has 3 N–H and O–H groups in total. The van der Waals surface area contributed by atoms with Gasteiger partial charge in [0.2, 0.25) is 0 Å². The van der Waals surface area contributed by atoms with E-state index in [0.29, 0.717) is 11.5 Å². The molecule has 0 aromatic heterocycles. The van der Waals surface area contributed by atoms with Gasteiger partial charge in [-0.1, -0.05) is 19.3 Å². The molecule has 98 valence electrons. The van der Waals surface area contributed by atoms with Crippen LogP contribution in [0.15, 0.2) is 18.2 Å². The monoisotopic (exact) mass is 266 g/mol. The van der Waals surface area contributed by atoms with Gasteiger partial charge in [0.15, 0.2) is 0 Å². The van der Waals surface area contributed by atoms with Gasteiger partial charge in [-0.05, 0) is 37.0 Å². The third kappa shape index (κ3) is 3.16. The number of nitrogens with two attached hydrogens (primary N) is 1. The van der Waals surface area contributed by atoms with E-state index in [0.717, 1.165) is 18.4 Å². The van der Waals surface area contributed by atoms with Crippen molar-refractivity contribution in [3.8, 4) is 11.8 Å². The quantitative estimate of drug-likeness (QED) is 0.863. The standard InChI is InChI=1S/C14H18N2O.ClH/c15-9-10-6-7-13(17)12(8-10)14(16)11-4-2-1-3-5-11;/h6-8,11,14,17H,1-5,16H2;1H/t14-;/m0./s1. The summed E-state index contributed by atoms with van der Waals surface area (Å²) in [5.74, 6) is 0.644. The lowest BCUT2D eigenvalue weighted by Gasteiger charge is -2.28. The Morgan fingerprint density at radius 1 is 1.28 bits per heavy atom. The van der Waals surface area contributed by atoms with Gasteiger partial charge in [0.1, 0.15) is 5.75 Å². The summed E-state index contributed by atoms with van der Waals surface area (Å²) in [4.78, 5) is 0. The second kappa shape index (κ2) is 6.63. The van der Waals surface area contributed by atoms with E-state index >= 15 is 0 Å². The van der Waals surface area contributed by atoms with E-state index in [1.54, 1.807) is 18.2 Å². The first-order valence-corrected chi connectivity index (χ1v) is 6.21. The van der Waals surface area contributed by atoms with Gasteiger partial charge in [-0.2, -0.15) is 5.26 Å². The van der Waals surface area contributed by atoms with Gasteiger partial charge in [-0.15, -0.1) is 12.4 Å². The maximum absolute atomic E-state index is 9.84. The van der Waals surface area contributed by atoms with Crippen molar-refractivity contribution in [2.45, 2.75) is 38.1 Å². The van der Waals surface area contributed by atoms with Crippen molar-refractivity contribution < 1.29 is 5.11 Å². The summed E-state index contributed by atoms with van der Waals surface area (Å²) < 4.78 is 0. The Morgan fingerprint density at radius 3 is 2.56 bits per heavy atom. The van der Waals surface area contributed by atoms with Crippen LogP contribution in [0.2, 0.25) is 0 Å². The lowest BCUT2D eigenvalue weighted by atomic mass is 9.81. The van der Waals surface area contributed by atoms with Crippen LogP contribution in [0, 0.1) is 17.2 Å². The van der Waals surface area contributed by atoms with Crippen LogP contribution in [0.25, 0.3) is 0 Å². The molecule has 0 saturated heterocycles. The van der Waals surface area contributed by atoms with Gasteiger partial charge < -0.3 is 10.8 Å². The van der Waals surface area contributed by atoms with Crippen molar-refractivity contribution in [3.05, 3.63) is 29.3 Å². The van der Waals surface area contributed by atoms with Crippen LogP contribution in [0.4, 0.5) is 0 Å². The summed E-state index contributed by atoms with van der Waals surface area (Å²) in [6.45, 7) is 0. The number of hydrogen-bond donors (Lipinski definition) is 2. The largest absolute Gasteiger partial charge is 0.508 e. The lowest BCUT2D eigenvalue weighted by Crippen LogP contribution is -2.23. The minimum absolute atomic E-state index is 0. The minimum Gasteiger partial charge on any atom is -0.508 e. The molecule has 1 aliphatic rings. The molecule has 2 rings (SSSR count). The Balaban J connectivity index is 0.00000162. The average molecular weight is 267 g/mol. The number of nitrogens with zero attached hydrogens (tertiary/aromatic N) is 1. The minimum atomic E-state index is -0.149. The zero-order chi connectivity index (χ0) is 12.3. The van der Waals surface area contributed by atoms with E-state index in [9.17, 15) is 5.11 Å². The lowest BCUT2D eigenvalue weighted by molar-refractivity contribution is 0.303. The fourth-order valence-electron chi connectivity index (χ4n) is 2.64. The third-order valence-electron chi connectivity index (χ3n) is 3.67. The fourth-order valence-corrected chi connectivity index (χ4v) is 2.64. The van der Waals surface area contributed by atoms with Gasteiger partial charge in [0.25, 0.3) is 0 Å². The molecule has 1 aliphatic carbocycles. The fraction of sp³-hybridized carbons (Fsp3) is 0.500. The molecule has 18 heavy (non-hydrogen) atoms. The summed E-state index contributed by atoms with van der Waals surface area (Å²) in [6.07, 6.45) is 5.97. The highest BCUT2D eigenvalue weighted by atomic mass is 35.5. The Morgan fingerprint density at radius 2 is 1.94 bits per heavy atom. The Hall–Kier alpha value is -1.24. The molecule has 0 radical (unpaired) electrons. The van der Waals surface area contributed by atoms with E-state index in [1.165, 1.54) is 19.3 Å². The van der Waals surface area contributed by atoms with Crippen molar-refractivity contribution in [1.29, 1.82) is 5.26 Å². The number of rotatable bonds is 2. The Kier molecular flexibility index (Phi) is 5.46. The van der Waals surface area contributed by atoms with Crippen LogP contribution in [-0.4, -0.2) is 5.11 Å². The van der Waals surface area contributed by atoms with Crippen molar-refractivity contribution in [1.82, 2.24) is 0 Å². The van der Waals surface area contributed by atoms with Crippen LogP contribution in [0.1, 0.15) is 49.3 Å². The number of nitriles is 1. The normalized spacial score (nSPS) is 17.6. The van der Waals surface area contributed by atoms with E-state index in [-0.39, 0.29) is 24.2 Å². The topological polar surface area (TPSA) is 70.0 Å². The maximum Gasteiger partial charge on any atom is 0.120 e. The first-order chi connectivity index (χ1) is 8.22. The molecule has 1 saturated carbocycles. The van der Waals surface area contributed by atoms with Crippen LogP contribution >= 0.6 is 12.4 Å². The first-order valence-electron chi connectivity index (χ1n) is 6.21. The van der Waals surface area contributed by atoms with Crippen LogP contribution in [0.3, 0.4) is 0 Å². The number of benzene rings is 1. The van der Waals surface area contributed by atoms with Crippen molar-refractivity contribution in [3.63, 3.8) is 0 Å². The summed E-state index contributed by atoms with van der Waals surface area (Å²) in [7, 11) is 0.